The Morgan fingerprint density at radius 3 is 2.68 bits per heavy atom. The fourth-order valence-corrected chi connectivity index (χ4v) is 4.66. The van der Waals surface area contributed by atoms with Crippen molar-refractivity contribution in [1.82, 2.24) is 9.62 Å². The van der Waals surface area contributed by atoms with E-state index in [9.17, 15) is 13.2 Å². The van der Waals surface area contributed by atoms with E-state index in [0.717, 1.165) is 0 Å². The number of morpholine rings is 1. The number of fused-ring (bicyclic) bond motifs is 2. The molecule has 2 bridgehead atoms. The van der Waals surface area contributed by atoms with Gasteiger partial charge in [0.2, 0.25) is 15.9 Å². The summed E-state index contributed by atoms with van der Waals surface area (Å²) in [7, 11) is -1.65. The number of nitrogens with one attached hydrogen (secondary N) is 1. The number of ether oxygens (including phenoxy) is 1. The Kier molecular flexibility index (Phi) is 4.17. The van der Waals surface area contributed by atoms with Crippen LogP contribution >= 0.6 is 0 Å². The largest absolute Gasteiger partial charge is 0.371 e. The summed E-state index contributed by atoms with van der Waals surface area (Å²) in [6.45, 7) is 4.45. The standard InChI is InChI=1S/C12H22N2O4S/c1-8(2)7-19(16,17)14-5-9-4-10(12(15)13-3)11(6-14)18-9/h8-11H,4-7H2,1-3H3,(H,13,15)/t9-,10-,11+/m0/s1. The van der Waals surface area contributed by atoms with Crippen molar-refractivity contribution >= 4 is 15.9 Å². The zero-order valence-corrected chi connectivity index (χ0v) is 12.4. The Hall–Kier alpha value is -0.660. The lowest BCUT2D eigenvalue weighted by Crippen LogP contribution is -2.48. The number of sulfonamides is 1. The number of hydrogen-bond acceptors (Lipinski definition) is 4. The average molecular weight is 290 g/mol. The van der Waals surface area contributed by atoms with Crippen LogP contribution in [0.1, 0.15) is 20.3 Å². The van der Waals surface area contributed by atoms with E-state index in [4.69, 9.17) is 4.74 Å². The molecule has 7 heteroatoms. The number of amides is 1. The summed E-state index contributed by atoms with van der Waals surface area (Å²) in [5, 5.41) is 2.62. The van der Waals surface area contributed by atoms with Crippen molar-refractivity contribution in [2.24, 2.45) is 11.8 Å². The van der Waals surface area contributed by atoms with Crippen LogP contribution < -0.4 is 5.32 Å². The lowest BCUT2D eigenvalue weighted by Gasteiger charge is -2.32. The third-order valence-electron chi connectivity index (χ3n) is 3.64. The maximum absolute atomic E-state index is 12.2. The zero-order valence-electron chi connectivity index (χ0n) is 11.6. The van der Waals surface area contributed by atoms with Gasteiger partial charge in [-0.2, -0.15) is 4.31 Å². The van der Waals surface area contributed by atoms with Crippen LogP contribution in [0.2, 0.25) is 0 Å². The molecule has 1 amide bonds. The third kappa shape index (κ3) is 3.09. The molecule has 0 spiro atoms. The topological polar surface area (TPSA) is 75.7 Å². The van der Waals surface area contributed by atoms with Gasteiger partial charge in [0.25, 0.3) is 0 Å². The second-order valence-corrected chi connectivity index (χ2v) is 7.76. The van der Waals surface area contributed by atoms with Crippen molar-refractivity contribution < 1.29 is 17.9 Å². The van der Waals surface area contributed by atoms with Crippen LogP contribution in [0, 0.1) is 11.8 Å². The molecular weight excluding hydrogens is 268 g/mol. The fraction of sp³-hybridized carbons (Fsp3) is 0.917. The summed E-state index contributed by atoms with van der Waals surface area (Å²) in [5.74, 6) is -0.0398. The molecule has 110 valence electrons. The molecule has 1 N–H and O–H groups in total. The Labute approximate surface area is 114 Å². The van der Waals surface area contributed by atoms with Crippen LogP contribution in [-0.2, 0) is 19.6 Å². The first-order valence-corrected chi connectivity index (χ1v) is 8.29. The van der Waals surface area contributed by atoms with Crippen molar-refractivity contribution in [3.63, 3.8) is 0 Å². The van der Waals surface area contributed by atoms with Crippen molar-refractivity contribution in [3.05, 3.63) is 0 Å². The molecule has 0 unspecified atom stereocenters. The molecule has 0 aromatic heterocycles. The van der Waals surface area contributed by atoms with Gasteiger partial charge in [-0.25, -0.2) is 8.42 Å². The second-order valence-electron chi connectivity index (χ2n) is 5.74. The van der Waals surface area contributed by atoms with Gasteiger partial charge in [-0.3, -0.25) is 4.79 Å². The minimum Gasteiger partial charge on any atom is -0.371 e. The Morgan fingerprint density at radius 2 is 2.11 bits per heavy atom. The number of nitrogens with zero attached hydrogens (tertiary/aromatic N) is 1. The fourth-order valence-electron chi connectivity index (χ4n) is 2.84. The van der Waals surface area contributed by atoms with Crippen LogP contribution in [0.5, 0.6) is 0 Å². The van der Waals surface area contributed by atoms with E-state index in [-0.39, 0.29) is 35.7 Å². The number of carbonyl (C=O) groups is 1. The predicted octanol–water partition coefficient (Wildman–Crippen LogP) is -0.192. The maximum atomic E-state index is 12.2. The zero-order chi connectivity index (χ0) is 14.2. The molecule has 2 rings (SSSR count). The average Bonchev–Trinajstić information content (AvgIpc) is 2.61. The van der Waals surface area contributed by atoms with Crippen LogP contribution in [-0.4, -0.2) is 56.7 Å². The van der Waals surface area contributed by atoms with Crippen LogP contribution in [0.3, 0.4) is 0 Å². The summed E-state index contributed by atoms with van der Waals surface area (Å²) in [4.78, 5) is 11.7. The predicted molar refractivity (Wildman–Crippen MR) is 71.0 cm³/mol. The summed E-state index contributed by atoms with van der Waals surface area (Å²) >= 11 is 0. The minimum atomic E-state index is -3.24. The molecule has 19 heavy (non-hydrogen) atoms. The lowest BCUT2D eigenvalue weighted by molar-refractivity contribution is -0.126. The van der Waals surface area contributed by atoms with Gasteiger partial charge in [0.1, 0.15) is 0 Å². The highest BCUT2D eigenvalue weighted by Crippen LogP contribution is 2.33. The molecule has 6 nitrogen and oxygen atoms in total. The van der Waals surface area contributed by atoms with E-state index in [1.54, 1.807) is 7.05 Å². The van der Waals surface area contributed by atoms with E-state index >= 15 is 0 Å². The van der Waals surface area contributed by atoms with Gasteiger partial charge in [-0.05, 0) is 12.3 Å². The highest BCUT2D eigenvalue weighted by molar-refractivity contribution is 7.89. The van der Waals surface area contributed by atoms with Crippen LogP contribution in [0.15, 0.2) is 0 Å². The van der Waals surface area contributed by atoms with Gasteiger partial charge in [0.15, 0.2) is 0 Å². The summed E-state index contributed by atoms with van der Waals surface area (Å²) < 4.78 is 31.7. The third-order valence-corrected chi connectivity index (χ3v) is 5.82. The Balaban J connectivity index is 2.08. The Bertz CT molecular complexity index is 449. The van der Waals surface area contributed by atoms with Crippen molar-refractivity contribution in [2.75, 3.05) is 25.9 Å². The Morgan fingerprint density at radius 1 is 1.42 bits per heavy atom. The first-order valence-electron chi connectivity index (χ1n) is 6.68. The molecule has 0 radical (unpaired) electrons. The summed E-state index contributed by atoms with van der Waals surface area (Å²) in [6.07, 6.45) is 0.154. The van der Waals surface area contributed by atoms with Crippen molar-refractivity contribution in [2.45, 2.75) is 32.5 Å². The van der Waals surface area contributed by atoms with Gasteiger partial charge >= 0.3 is 0 Å². The van der Waals surface area contributed by atoms with Crippen molar-refractivity contribution in [3.8, 4) is 0 Å². The number of carbonyl (C=O) groups excluding carboxylic acids is 1. The van der Waals surface area contributed by atoms with E-state index in [2.05, 4.69) is 5.32 Å². The van der Waals surface area contributed by atoms with Crippen LogP contribution in [0.25, 0.3) is 0 Å². The first kappa shape index (κ1) is 14.7. The molecule has 0 aromatic carbocycles. The van der Waals surface area contributed by atoms with Gasteiger partial charge in [-0.1, -0.05) is 13.8 Å². The second kappa shape index (κ2) is 5.38. The maximum Gasteiger partial charge on any atom is 0.225 e. The molecule has 2 aliphatic heterocycles. The molecular formula is C12H22N2O4S. The minimum absolute atomic E-state index is 0.0596. The SMILES string of the molecule is CNC(=O)[C@H]1C[C@H]2CN(S(=O)(=O)CC(C)C)C[C@H]1O2. The normalized spacial score (nSPS) is 31.7. The number of rotatable bonds is 4. The van der Waals surface area contributed by atoms with Crippen LogP contribution in [0.4, 0.5) is 0 Å². The lowest BCUT2D eigenvalue weighted by atomic mass is 10.00. The molecule has 2 fully saturated rings. The van der Waals surface area contributed by atoms with Gasteiger partial charge in [0.05, 0.1) is 23.9 Å². The van der Waals surface area contributed by atoms with Gasteiger partial charge in [0, 0.05) is 20.1 Å². The molecule has 0 aliphatic carbocycles. The smallest absolute Gasteiger partial charge is 0.225 e. The van der Waals surface area contributed by atoms with Gasteiger partial charge in [-0.15, -0.1) is 0 Å². The summed E-state index contributed by atoms with van der Waals surface area (Å²) in [5.41, 5.74) is 0. The van der Waals surface area contributed by atoms with Gasteiger partial charge < -0.3 is 10.1 Å². The van der Waals surface area contributed by atoms with E-state index in [1.165, 1.54) is 4.31 Å². The first-order chi connectivity index (χ1) is 8.83. The van der Waals surface area contributed by atoms with E-state index in [1.807, 2.05) is 13.8 Å². The summed E-state index contributed by atoms with van der Waals surface area (Å²) in [6, 6.07) is 0. The molecule has 2 heterocycles. The molecule has 0 saturated carbocycles. The van der Waals surface area contributed by atoms with E-state index < -0.39 is 10.0 Å². The molecule has 0 aromatic rings. The molecule has 2 saturated heterocycles. The van der Waals surface area contributed by atoms with E-state index in [0.29, 0.717) is 19.5 Å². The van der Waals surface area contributed by atoms with Crippen molar-refractivity contribution in [1.29, 1.82) is 0 Å². The number of hydrogen-bond donors (Lipinski definition) is 1. The highest BCUT2D eigenvalue weighted by atomic mass is 32.2. The highest BCUT2D eigenvalue weighted by Gasteiger charge is 2.46. The molecule has 2 aliphatic rings. The quantitative estimate of drug-likeness (QED) is 0.778. The molecule has 3 atom stereocenters. The monoisotopic (exact) mass is 290 g/mol.